The van der Waals surface area contributed by atoms with Gasteiger partial charge in [-0.25, -0.2) is 8.42 Å². The molecule has 6 heteroatoms. The summed E-state index contributed by atoms with van der Waals surface area (Å²) in [6, 6.07) is 6.62. The Bertz CT molecular complexity index is 798. The van der Waals surface area contributed by atoms with E-state index < -0.39 is 10.0 Å². The minimum Gasteiger partial charge on any atom is -0.349 e. The molecule has 5 nitrogen and oxygen atoms in total. The normalized spacial score (nSPS) is 29.4. The third kappa shape index (κ3) is 3.99. The van der Waals surface area contributed by atoms with Gasteiger partial charge in [-0.1, -0.05) is 19.3 Å². The number of nitrogens with zero attached hydrogens (tertiary/aromatic N) is 1. The highest BCUT2D eigenvalue weighted by atomic mass is 32.2. The van der Waals surface area contributed by atoms with Crippen LogP contribution in [0.3, 0.4) is 0 Å². The fourth-order valence-corrected chi connectivity index (χ4v) is 7.03. The summed E-state index contributed by atoms with van der Waals surface area (Å²) < 4.78 is 27.3. The zero-order valence-electron chi connectivity index (χ0n) is 16.8. The molecule has 1 amide bonds. The molecule has 1 aromatic rings. The predicted molar refractivity (Wildman–Crippen MR) is 110 cm³/mol. The van der Waals surface area contributed by atoms with Crippen LogP contribution in [0.5, 0.6) is 0 Å². The van der Waals surface area contributed by atoms with Crippen molar-refractivity contribution in [2.24, 2.45) is 17.8 Å². The molecule has 0 unspecified atom stereocenters. The van der Waals surface area contributed by atoms with E-state index in [-0.39, 0.29) is 16.8 Å². The van der Waals surface area contributed by atoms with E-state index in [1.165, 1.54) is 25.7 Å². The Balaban J connectivity index is 1.40. The topological polar surface area (TPSA) is 66.5 Å². The Morgan fingerprint density at radius 1 is 1.04 bits per heavy atom. The van der Waals surface area contributed by atoms with Gasteiger partial charge in [0, 0.05) is 24.7 Å². The number of rotatable bonds is 5. The van der Waals surface area contributed by atoms with Gasteiger partial charge in [-0.15, -0.1) is 0 Å². The Hall–Kier alpha value is -1.40. The molecule has 2 saturated carbocycles. The molecule has 3 fully saturated rings. The van der Waals surface area contributed by atoms with Gasteiger partial charge in [0.25, 0.3) is 5.91 Å². The molecule has 2 bridgehead atoms. The van der Waals surface area contributed by atoms with Crippen molar-refractivity contribution in [2.75, 3.05) is 13.1 Å². The van der Waals surface area contributed by atoms with Crippen molar-refractivity contribution in [3.8, 4) is 0 Å². The first kappa shape index (κ1) is 19.9. The molecule has 154 valence electrons. The Kier molecular flexibility index (Phi) is 5.79. The Morgan fingerprint density at radius 2 is 1.71 bits per heavy atom. The van der Waals surface area contributed by atoms with Crippen LogP contribution >= 0.6 is 0 Å². The van der Waals surface area contributed by atoms with E-state index in [1.807, 2.05) is 0 Å². The van der Waals surface area contributed by atoms with Crippen LogP contribution < -0.4 is 5.32 Å². The second-order valence-electron chi connectivity index (χ2n) is 8.94. The fraction of sp³-hybridized carbons (Fsp3) is 0.682. The summed E-state index contributed by atoms with van der Waals surface area (Å²) >= 11 is 0. The highest BCUT2D eigenvalue weighted by Crippen LogP contribution is 2.49. The molecule has 1 heterocycles. The highest BCUT2D eigenvalue weighted by molar-refractivity contribution is 7.89. The number of hydrogen-bond acceptors (Lipinski definition) is 3. The van der Waals surface area contributed by atoms with Crippen molar-refractivity contribution >= 4 is 15.9 Å². The Labute approximate surface area is 168 Å². The van der Waals surface area contributed by atoms with Crippen molar-refractivity contribution in [1.82, 2.24) is 9.62 Å². The number of sulfonamides is 1. The number of fused-ring (bicyclic) bond motifs is 2. The summed E-state index contributed by atoms with van der Waals surface area (Å²) in [6.45, 7) is 3.29. The number of nitrogens with one attached hydrogen (secondary N) is 1. The van der Waals surface area contributed by atoms with E-state index in [0.717, 1.165) is 37.5 Å². The molecule has 28 heavy (non-hydrogen) atoms. The Morgan fingerprint density at radius 3 is 2.29 bits per heavy atom. The molecule has 0 spiro atoms. The van der Waals surface area contributed by atoms with Gasteiger partial charge in [-0.2, -0.15) is 4.31 Å². The average Bonchev–Trinajstić information content (AvgIpc) is 3.22. The molecule has 4 rings (SSSR count). The summed E-state index contributed by atoms with van der Waals surface area (Å²) in [7, 11) is -3.47. The second-order valence-corrected chi connectivity index (χ2v) is 10.9. The van der Waals surface area contributed by atoms with Gasteiger partial charge in [0.15, 0.2) is 0 Å². The second kappa shape index (κ2) is 8.15. The van der Waals surface area contributed by atoms with Crippen LogP contribution in [0, 0.1) is 17.8 Å². The third-order valence-corrected chi connectivity index (χ3v) is 9.03. The average molecular weight is 405 g/mol. The molecule has 1 saturated heterocycles. The van der Waals surface area contributed by atoms with E-state index in [0.29, 0.717) is 24.6 Å². The third-order valence-electron chi connectivity index (χ3n) is 7.11. The lowest BCUT2D eigenvalue weighted by molar-refractivity contribution is 0.0915. The lowest BCUT2D eigenvalue weighted by Gasteiger charge is -2.28. The van der Waals surface area contributed by atoms with Crippen LogP contribution in [0.4, 0.5) is 0 Å². The van der Waals surface area contributed by atoms with Crippen LogP contribution in [0.2, 0.25) is 0 Å². The lowest BCUT2D eigenvalue weighted by Crippen LogP contribution is -2.40. The van der Waals surface area contributed by atoms with Gasteiger partial charge in [0.1, 0.15) is 0 Å². The highest BCUT2D eigenvalue weighted by Gasteiger charge is 2.42. The van der Waals surface area contributed by atoms with Crippen molar-refractivity contribution in [3.63, 3.8) is 0 Å². The minimum atomic E-state index is -3.47. The van der Waals surface area contributed by atoms with Gasteiger partial charge in [0.05, 0.1) is 4.90 Å². The molecule has 2 aliphatic carbocycles. The van der Waals surface area contributed by atoms with Crippen LogP contribution in [0.15, 0.2) is 29.2 Å². The zero-order chi connectivity index (χ0) is 19.7. The summed E-state index contributed by atoms with van der Waals surface area (Å²) in [4.78, 5) is 12.9. The monoisotopic (exact) mass is 404 g/mol. The van der Waals surface area contributed by atoms with Crippen LogP contribution in [-0.4, -0.2) is 37.8 Å². The standard InChI is InChI=1S/C22H32N2O3S/c1-16(21-15-17-6-7-19(21)14-17)23-22(25)18-8-10-20(11-9-18)28(26,27)24-12-4-2-3-5-13-24/h8-11,16-17,19,21H,2-7,12-15H2,1H3,(H,23,25)/t16-,17-,19-,21-/m0/s1. The van der Waals surface area contributed by atoms with Crippen molar-refractivity contribution < 1.29 is 13.2 Å². The molecule has 1 N–H and O–H groups in total. The maximum Gasteiger partial charge on any atom is 0.251 e. The molecule has 3 aliphatic rings. The lowest BCUT2D eigenvalue weighted by atomic mass is 9.84. The van der Waals surface area contributed by atoms with E-state index in [9.17, 15) is 13.2 Å². The number of benzene rings is 1. The maximum absolute atomic E-state index is 12.9. The van der Waals surface area contributed by atoms with E-state index in [2.05, 4.69) is 12.2 Å². The van der Waals surface area contributed by atoms with Gasteiger partial charge in [-0.05, 0) is 81.0 Å². The zero-order valence-corrected chi connectivity index (χ0v) is 17.6. The molecule has 1 aromatic carbocycles. The molecular formula is C22H32N2O3S. The number of carbonyl (C=O) groups excluding carboxylic acids is 1. The quantitative estimate of drug-likeness (QED) is 0.812. The van der Waals surface area contributed by atoms with Gasteiger partial charge in [0.2, 0.25) is 10.0 Å². The summed E-state index contributed by atoms with van der Waals surface area (Å²) in [5, 5.41) is 3.15. The van der Waals surface area contributed by atoms with Gasteiger partial charge in [-0.3, -0.25) is 4.79 Å². The molecular weight excluding hydrogens is 372 g/mol. The first-order valence-electron chi connectivity index (χ1n) is 10.9. The number of amides is 1. The van der Waals surface area contributed by atoms with Gasteiger partial charge < -0.3 is 5.32 Å². The maximum atomic E-state index is 12.9. The summed E-state index contributed by atoms with van der Waals surface area (Å²) in [5.74, 6) is 2.11. The summed E-state index contributed by atoms with van der Waals surface area (Å²) in [5.41, 5.74) is 0.532. The van der Waals surface area contributed by atoms with Crippen molar-refractivity contribution in [3.05, 3.63) is 29.8 Å². The van der Waals surface area contributed by atoms with E-state index >= 15 is 0 Å². The predicted octanol–water partition coefficient (Wildman–Crippen LogP) is 3.81. The fourth-order valence-electron chi connectivity index (χ4n) is 5.51. The van der Waals surface area contributed by atoms with E-state index in [1.54, 1.807) is 28.6 Å². The minimum absolute atomic E-state index is 0.103. The first-order valence-corrected chi connectivity index (χ1v) is 12.3. The molecule has 1 aliphatic heterocycles. The van der Waals surface area contributed by atoms with Crippen LogP contribution in [-0.2, 0) is 10.0 Å². The van der Waals surface area contributed by atoms with Crippen molar-refractivity contribution in [1.29, 1.82) is 0 Å². The largest absolute Gasteiger partial charge is 0.349 e. The van der Waals surface area contributed by atoms with E-state index in [4.69, 9.17) is 0 Å². The molecule has 0 aromatic heterocycles. The molecule has 4 atom stereocenters. The number of carbonyl (C=O) groups is 1. The van der Waals surface area contributed by atoms with Gasteiger partial charge >= 0.3 is 0 Å². The first-order chi connectivity index (χ1) is 13.4. The van der Waals surface area contributed by atoms with Crippen LogP contribution in [0.25, 0.3) is 0 Å². The SMILES string of the molecule is C[C@H](NC(=O)c1ccc(S(=O)(=O)N2CCCCCC2)cc1)[C@@H]1C[C@H]2CC[C@H]1C2. The summed E-state index contributed by atoms with van der Waals surface area (Å²) in [6.07, 6.45) is 9.24. The molecule has 0 radical (unpaired) electrons. The smallest absolute Gasteiger partial charge is 0.251 e. The number of hydrogen-bond donors (Lipinski definition) is 1. The van der Waals surface area contributed by atoms with Crippen LogP contribution in [0.1, 0.15) is 68.6 Å². The van der Waals surface area contributed by atoms with Crippen molar-refractivity contribution in [2.45, 2.75) is 69.2 Å².